The largest absolute Gasteiger partial charge is 0.399 e. The van der Waals surface area contributed by atoms with Crippen LogP contribution in [-0.4, -0.2) is 23.7 Å². The summed E-state index contributed by atoms with van der Waals surface area (Å²) in [5.41, 5.74) is 7.84. The fraction of sp³-hybridized carbons (Fsp3) is 0.462. The van der Waals surface area contributed by atoms with Gasteiger partial charge in [-0.15, -0.1) is 0 Å². The molecule has 0 radical (unpaired) electrons. The first-order valence-corrected chi connectivity index (χ1v) is 5.82. The van der Waals surface area contributed by atoms with Crippen molar-refractivity contribution in [3.05, 3.63) is 29.3 Å². The summed E-state index contributed by atoms with van der Waals surface area (Å²) in [5, 5.41) is 11.6. The minimum absolute atomic E-state index is 0.0522. The summed E-state index contributed by atoms with van der Waals surface area (Å²) in [7, 11) is 0. The number of hydrogen-bond donors (Lipinski definition) is 3. The molecular weight excluding hydrogens is 216 g/mol. The molecule has 4 nitrogen and oxygen atoms in total. The highest BCUT2D eigenvalue weighted by atomic mass is 16.2. The van der Waals surface area contributed by atoms with Crippen LogP contribution in [0.2, 0.25) is 0 Å². The highest BCUT2D eigenvalue weighted by Crippen LogP contribution is 2.11. The third kappa shape index (κ3) is 4.44. The summed E-state index contributed by atoms with van der Waals surface area (Å²) in [5.74, 6) is -0.120. The number of hydrogen-bond acceptors (Lipinski definition) is 3. The van der Waals surface area contributed by atoms with Gasteiger partial charge in [0.1, 0.15) is 0 Å². The third-order valence-electron chi connectivity index (χ3n) is 2.53. The van der Waals surface area contributed by atoms with Crippen LogP contribution in [0.4, 0.5) is 5.69 Å². The van der Waals surface area contributed by atoms with E-state index in [0.29, 0.717) is 17.7 Å². The SMILES string of the molecule is Cc1cc(N)cc(C(=O)NC(C)CCCO)c1. The summed E-state index contributed by atoms with van der Waals surface area (Å²) in [6.45, 7) is 3.98. The molecule has 1 atom stereocenters. The van der Waals surface area contributed by atoms with Gasteiger partial charge in [-0.05, 0) is 50.5 Å². The van der Waals surface area contributed by atoms with Crippen molar-refractivity contribution >= 4 is 11.6 Å². The molecule has 0 saturated heterocycles. The first kappa shape index (κ1) is 13.5. The minimum Gasteiger partial charge on any atom is -0.399 e. The third-order valence-corrected chi connectivity index (χ3v) is 2.53. The summed E-state index contributed by atoms with van der Waals surface area (Å²) in [6, 6.07) is 5.36. The molecule has 94 valence electrons. The molecule has 1 aromatic carbocycles. The second-order valence-electron chi connectivity index (χ2n) is 4.37. The summed E-state index contributed by atoms with van der Waals surface area (Å²) < 4.78 is 0. The van der Waals surface area contributed by atoms with Crippen LogP contribution in [0, 0.1) is 6.92 Å². The predicted molar refractivity (Wildman–Crippen MR) is 68.8 cm³/mol. The van der Waals surface area contributed by atoms with Gasteiger partial charge in [-0.1, -0.05) is 0 Å². The number of anilines is 1. The highest BCUT2D eigenvalue weighted by Gasteiger charge is 2.10. The topological polar surface area (TPSA) is 75.4 Å². The van der Waals surface area contributed by atoms with Gasteiger partial charge in [0.05, 0.1) is 0 Å². The van der Waals surface area contributed by atoms with Crippen LogP contribution >= 0.6 is 0 Å². The molecule has 0 aliphatic rings. The maximum Gasteiger partial charge on any atom is 0.251 e. The highest BCUT2D eigenvalue weighted by molar-refractivity contribution is 5.95. The molecule has 0 saturated carbocycles. The zero-order valence-electron chi connectivity index (χ0n) is 10.4. The smallest absolute Gasteiger partial charge is 0.251 e. The molecule has 0 heterocycles. The Morgan fingerprint density at radius 3 is 2.76 bits per heavy atom. The van der Waals surface area contributed by atoms with Crippen LogP contribution in [0.1, 0.15) is 35.7 Å². The molecule has 0 spiro atoms. The van der Waals surface area contributed by atoms with Crippen molar-refractivity contribution in [3.63, 3.8) is 0 Å². The molecule has 4 N–H and O–H groups in total. The number of benzene rings is 1. The number of aryl methyl sites for hydroxylation is 1. The van der Waals surface area contributed by atoms with Crippen molar-refractivity contribution < 1.29 is 9.90 Å². The van der Waals surface area contributed by atoms with E-state index in [0.717, 1.165) is 12.0 Å². The fourth-order valence-corrected chi connectivity index (χ4v) is 1.72. The van der Waals surface area contributed by atoms with Crippen molar-refractivity contribution in [1.82, 2.24) is 5.32 Å². The Hall–Kier alpha value is -1.55. The lowest BCUT2D eigenvalue weighted by Gasteiger charge is -2.13. The van der Waals surface area contributed by atoms with Crippen molar-refractivity contribution in [2.24, 2.45) is 0 Å². The van der Waals surface area contributed by atoms with E-state index in [2.05, 4.69) is 5.32 Å². The van der Waals surface area contributed by atoms with Crippen LogP contribution in [0.3, 0.4) is 0 Å². The van der Waals surface area contributed by atoms with Crippen molar-refractivity contribution in [1.29, 1.82) is 0 Å². The van der Waals surface area contributed by atoms with E-state index in [4.69, 9.17) is 10.8 Å². The molecule has 0 aliphatic heterocycles. The first-order valence-electron chi connectivity index (χ1n) is 5.82. The van der Waals surface area contributed by atoms with Crippen LogP contribution in [0.15, 0.2) is 18.2 Å². The molecule has 1 unspecified atom stereocenters. The molecule has 0 aliphatic carbocycles. The molecule has 1 aromatic rings. The average Bonchev–Trinajstić information content (AvgIpc) is 2.25. The molecule has 4 heteroatoms. The molecule has 0 aromatic heterocycles. The average molecular weight is 236 g/mol. The van der Waals surface area contributed by atoms with Gasteiger partial charge in [-0.2, -0.15) is 0 Å². The van der Waals surface area contributed by atoms with Crippen molar-refractivity contribution in [2.75, 3.05) is 12.3 Å². The number of nitrogen functional groups attached to an aromatic ring is 1. The Balaban J connectivity index is 2.63. The number of carbonyl (C=O) groups is 1. The molecule has 1 amide bonds. The van der Waals surface area contributed by atoms with Crippen LogP contribution in [0.5, 0.6) is 0 Å². The molecule has 17 heavy (non-hydrogen) atoms. The normalized spacial score (nSPS) is 12.2. The Kier molecular flexibility index (Phi) is 4.97. The molecule has 0 fully saturated rings. The summed E-state index contributed by atoms with van der Waals surface area (Å²) >= 11 is 0. The van der Waals surface area contributed by atoms with Gasteiger partial charge in [0, 0.05) is 23.9 Å². The Morgan fingerprint density at radius 1 is 1.47 bits per heavy atom. The number of aliphatic hydroxyl groups is 1. The van der Waals surface area contributed by atoms with E-state index < -0.39 is 0 Å². The second-order valence-corrected chi connectivity index (χ2v) is 4.37. The van der Waals surface area contributed by atoms with Gasteiger partial charge in [-0.25, -0.2) is 0 Å². The molecule has 1 rings (SSSR count). The quantitative estimate of drug-likeness (QED) is 0.678. The number of amides is 1. The van der Waals surface area contributed by atoms with E-state index in [9.17, 15) is 4.79 Å². The zero-order chi connectivity index (χ0) is 12.8. The van der Waals surface area contributed by atoms with Gasteiger partial charge in [0.15, 0.2) is 0 Å². The van der Waals surface area contributed by atoms with E-state index in [1.165, 1.54) is 0 Å². The first-order chi connectivity index (χ1) is 8.02. The monoisotopic (exact) mass is 236 g/mol. The summed E-state index contributed by atoms with van der Waals surface area (Å²) in [4.78, 5) is 11.9. The Labute approximate surface area is 102 Å². The Morgan fingerprint density at radius 2 is 2.18 bits per heavy atom. The second kappa shape index (κ2) is 6.25. The fourth-order valence-electron chi connectivity index (χ4n) is 1.72. The number of carbonyl (C=O) groups excluding carboxylic acids is 1. The number of nitrogens with two attached hydrogens (primary N) is 1. The van der Waals surface area contributed by atoms with E-state index in [1.807, 2.05) is 26.0 Å². The molecular formula is C13H20N2O2. The minimum atomic E-state index is -0.120. The van der Waals surface area contributed by atoms with Crippen molar-refractivity contribution in [3.8, 4) is 0 Å². The van der Waals surface area contributed by atoms with E-state index >= 15 is 0 Å². The van der Waals surface area contributed by atoms with Crippen LogP contribution < -0.4 is 11.1 Å². The number of nitrogens with one attached hydrogen (secondary N) is 1. The lowest BCUT2D eigenvalue weighted by atomic mass is 10.1. The lowest BCUT2D eigenvalue weighted by Crippen LogP contribution is -2.32. The summed E-state index contributed by atoms with van der Waals surface area (Å²) in [6.07, 6.45) is 1.46. The van der Waals surface area contributed by atoms with Crippen molar-refractivity contribution in [2.45, 2.75) is 32.7 Å². The van der Waals surface area contributed by atoms with E-state index in [1.54, 1.807) is 6.07 Å². The maximum absolute atomic E-state index is 11.9. The van der Waals surface area contributed by atoms with E-state index in [-0.39, 0.29) is 18.6 Å². The Bertz CT molecular complexity index is 371. The van der Waals surface area contributed by atoms with Gasteiger partial charge >= 0.3 is 0 Å². The van der Waals surface area contributed by atoms with Gasteiger partial charge in [-0.3, -0.25) is 4.79 Å². The number of aliphatic hydroxyl groups excluding tert-OH is 1. The van der Waals surface area contributed by atoms with Gasteiger partial charge in [0.25, 0.3) is 5.91 Å². The standard InChI is InChI=1S/C13H20N2O2/c1-9-6-11(8-12(14)7-9)13(17)15-10(2)4-3-5-16/h6-8,10,16H,3-5,14H2,1-2H3,(H,15,17). The number of rotatable bonds is 5. The predicted octanol–water partition coefficient (Wildman–Crippen LogP) is 1.47. The van der Waals surface area contributed by atoms with Gasteiger partial charge in [0.2, 0.25) is 0 Å². The maximum atomic E-state index is 11.9. The van der Waals surface area contributed by atoms with Crippen LogP contribution in [-0.2, 0) is 0 Å². The zero-order valence-corrected chi connectivity index (χ0v) is 10.4. The van der Waals surface area contributed by atoms with Crippen LogP contribution in [0.25, 0.3) is 0 Å². The van der Waals surface area contributed by atoms with Gasteiger partial charge < -0.3 is 16.2 Å². The lowest BCUT2D eigenvalue weighted by molar-refractivity contribution is 0.0936. The molecule has 0 bridgehead atoms.